The number of para-hydroxylation sites is 2. The fourth-order valence-corrected chi connectivity index (χ4v) is 2.16. The third kappa shape index (κ3) is 1.29. The van der Waals surface area contributed by atoms with Crippen LogP contribution in [-0.4, -0.2) is 6.29 Å². The molecule has 2 aromatic carbocycles. The molecule has 1 heterocycles. The van der Waals surface area contributed by atoms with E-state index >= 15 is 0 Å². The second-order valence-corrected chi connectivity index (χ2v) is 3.86. The van der Waals surface area contributed by atoms with Crippen molar-refractivity contribution in [3.8, 4) is 0 Å². The number of rotatable bonds is 1. The number of aldehydes is 1. The first-order chi connectivity index (χ1) is 8.33. The summed E-state index contributed by atoms with van der Waals surface area (Å²) >= 11 is 0. The molecule has 0 radical (unpaired) electrons. The highest BCUT2D eigenvalue weighted by Crippen LogP contribution is 2.22. The van der Waals surface area contributed by atoms with Gasteiger partial charge in [0.05, 0.1) is 10.8 Å². The molecule has 3 nitrogen and oxygen atoms in total. The zero-order valence-corrected chi connectivity index (χ0v) is 8.96. The predicted molar refractivity (Wildman–Crippen MR) is 65.8 cm³/mol. The van der Waals surface area contributed by atoms with Gasteiger partial charge in [0.15, 0.2) is 6.29 Å². The summed E-state index contributed by atoms with van der Waals surface area (Å²) in [6.45, 7) is 0. The van der Waals surface area contributed by atoms with Gasteiger partial charge in [0.2, 0.25) is 11.0 Å². The highest BCUT2D eigenvalue weighted by molar-refractivity contribution is 6.07. The Kier molecular flexibility index (Phi) is 2.05. The van der Waals surface area contributed by atoms with Crippen molar-refractivity contribution in [3.63, 3.8) is 0 Å². The van der Waals surface area contributed by atoms with Crippen LogP contribution in [0.4, 0.5) is 0 Å². The Hall–Kier alpha value is -2.42. The summed E-state index contributed by atoms with van der Waals surface area (Å²) in [6, 6.07) is 14.3. The smallest absolute Gasteiger partial charge is 0.225 e. The van der Waals surface area contributed by atoms with E-state index in [1.165, 1.54) is 0 Å². The summed E-state index contributed by atoms with van der Waals surface area (Å²) in [6.07, 6.45) is 0.810. The molecule has 0 aliphatic heterocycles. The summed E-state index contributed by atoms with van der Waals surface area (Å²) in [7, 11) is 0. The Labute approximate surface area is 97.5 Å². The fourth-order valence-electron chi connectivity index (χ4n) is 2.16. The first kappa shape index (κ1) is 9.78. The summed E-state index contributed by atoms with van der Waals surface area (Å²) in [4.78, 5) is 11.2. The van der Waals surface area contributed by atoms with Crippen molar-refractivity contribution in [3.05, 3.63) is 59.3 Å². The zero-order chi connectivity index (χ0) is 11.8. The number of fused-ring (bicyclic) bond motifs is 2. The highest BCUT2D eigenvalue weighted by atomic mass is 16.5. The van der Waals surface area contributed by atoms with Crippen LogP contribution in [0.25, 0.3) is 21.8 Å². The number of nitrogens with zero attached hydrogens (tertiary/aromatic N) is 1. The number of hydrogen-bond acceptors (Lipinski definition) is 2. The molecular weight excluding hydrogens is 214 g/mol. The average molecular weight is 223 g/mol. The van der Waals surface area contributed by atoms with Gasteiger partial charge in [-0.25, -0.2) is 0 Å². The van der Waals surface area contributed by atoms with Crippen LogP contribution in [0.5, 0.6) is 0 Å². The molecule has 3 heteroatoms. The standard InChI is InChI=1S/C14H9NO2/c16-9-12-10-5-1-3-7-13(10)15(17)14-8-4-2-6-11(12)14/h1-9H. The van der Waals surface area contributed by atoms with Crippen molar-refractivity contribution in [2.24, 2.45) is 0 Å². The second kappa shape index (κ2) is 3.56. The molecule has 17 heavy (non-hydrogen) atoms. The molecule has 0 saturated carbocycles. The minimum absolute atomic E-state index is 0.522. The van der Waals surface area contributed by atoms with Crippen molar-refractivity contribution in [2.75, 3.05) is 0 Å². The Bertz CT molecular complexity index is 678. The van der Waals surface area contributed by atoms with Gasteiger partial charge in [-0.3, -0.25) is 4.79 Å². The van der Waals surface area contributed by atoms with Crippen molar-refractivity contribution >= 4 is 28.1 Å². The number of hydrogen-bond donors (Lipinski definition) is 0. The van der Waals surface area contributed by atoms with Crippen molar-refractivity contribution in [2.45, 2.75) is 0 Å². The van der Waals surface area contributed by atoms with Gasteiger partial charge in [-0.15, -0.1) is 0 Å². The molecule has 0 bridgehead atoms. The normalized spacial score (nSPS) is 10.8. The number of carbonyl (C=O) groups is 1. The SMILES string of the molecule is O=Cc1c2ccccc2[n+]([O-])c2ccccc12. The van der Waals surface area contributed by atoms with Gasteiger partial charge in [0, 0.05) is 17.7 Å². The topological polar surface area (TPSA) is 44.0 Å². The van der Waals surface area contributed by atoms with Gasteiger partial charge in [-0.05, 0) is 12.1 Å². The molecular formula is C14H9NO2. The van der Waals surface area contributed by atoms with E-state index in [9.17, 15) is 10.0 Å². The third-order valence-corrected chi connectivity index (χ3v) is 2.94. The van der Waals surface area contributed by atoms with Crippen LogP contribution in [0.15, 0.2) is 48.5 Å². The molecule has 0 atom stereocenters. The largest absolute Gasteiger partial charge is 0.618 e. The summed E-state index contributed by atoms with van der Waals surface area (Å²) in [5.74, 6) is 0. The molecule has 0 fully saturated rings. The molecule has 0 aliphatic carbocycles. The van der Waals surface area contributed by atoms with E-state index in [-0.39, 0.29) is 0 Å². The minimum atomic E-state index is 0.522. The molecule has 0 amide bonds. The summed E-state index contributed by atoms with van der Waals surface area (Å²) < 4.78 is 0.873. The molecule has 0 unspecified atom stereocenters. The second-order valence-electron chi connectivity index (χ2n) is 3.86. The average Bonchev–Trinajstić information content (AvgIpc) is 2.40. The lowest BCUT2D eigenvalue weighted by molar-refractivity contribution is -0.547. The minimum Gasteiger partial charge on any atom is -0.618 e. The number of benzene rings is 2. The van der Waals surface area contributed by atoms with Gasteiger partial charge in [0.1, 0.15) is 0 Å². The Morgan fingerprint density at radius 2 is 1.35 bits per heavy atom. The Morgan fingerprint density at radius 3 is 1.82 bits per heavy atom. The van der Waals surface area contributed by atoms with Crippen molar-refractivity contribution in [1.29, 1.82) is 0 Å². The van der Waals surface area contributed by atoms with Crippen molar-refractivity contribution in [1.82, 2.24) is 0 Å². The van der Waals surface area contributed by atoms with Gasteiger partial charge in [-0.2, -0.15) is 4.73 Å². The van der Waals surface area contributed by atoms with Crippen LogP contribution in [0.2, 0.25) is 0 Å². The lowest BCUT2D eigenvalue weighted by Crippen LogP contribution is -2.28. The number of carbonyl (C=O) groups excluding carboxylic acids is 1. The molecule has 1 aromatic heterocycles. The van der Waals surface area contributed by atoms with E-state index in [1.54, 1.807) is 36.4 Å². The first-order valence-electron chi connectivity index (χ1n) is 5.31. The van der Waals surface area contributed by atoms with Gasteiger partial charge < -0.3 is 5.21 Å². The molecule has 0 aliphatic rings. The zero-order valence-electron chi connectivity index (χ0n) is 8.96. The van der Waals surface area contributed by atoms with Crippen LogP contribution in [0.1, 0.15) is 10.4 Å². The van der Waals surface area contributed by atoms with Crippen LogP contribution < -0.4 is 4.73 Å². The first-order valence-corrected chi connectivity index (χ1v) is 5.31. The van der Waals surface area contributed by atoms with Crippen LogP contribution in [-0.2, 0) is 0 Å². The lowest BCUT2D eigenvalue weighted by Gasteiger charge is -2.08. The molecule has 82 valence electrons. The monoisotopic (exact) mass is 223 g/mol. The van der Waals surface area contributed by atoms with Crippen LogP contribution in [0.3, 0.4) is 0 Å². The molecule has 3 aromatic rings. The molecule has 3 rings (SSSR count). The Balaban J connectivity index is 2.68. The number of pyridine rings is 1. The summed E-state index contributed by atoms with van der Waals surface area (Å²) in [5.41, 5.74) is 1.62. The fraction of sp³-hybridized carbons (Fsp3) is 0. The predicted octanol–water partition coefficient (Wildman–Crippen LogP) is 2.44. The molecule has 0 spiro atoms. The van der Waals surface area contributed by atoms with Gasteiger partial charge >= 0.3 is 0 Å². The van der Waals surface area contributed by atoms with E-state index in [0.717, 1.165) is 11.0 Å². The van der Waals surface area contributed by atoms with E-state index < -0.39 is 0 Å². The van der Waals surface area contributed by atoms with Crippen LogP contribution >= 0.6 is 0 Å². The molecule has 0 saturated heterocycles. The Morgan fingerprint density at radius 1 is 0.882 bits per heavy atom. The van der Waals surface area contributed by atoms with E-state index in [1.807, 2.05) is 12.1 Å². The van der Waals surface area contributed by atoms with E-state index in [2.05, 4.69) is 0 Å². The molecule has 0 N–H and O–H groups in total. The maximum absolute atomic E-state index is 12.2. The van der Waals surface area contributed by atoms with E-state index in [0.29, 0.717) is 27.4 Å². The maximum atomic E-state index is 12.2. The quantitative estimate of drug-likeness (QED) is 0.275. The summed E-state index contributed by atoms with van der Waals surface area (Å²) in [5, 5.41) is 13.5. The number of aromatic nitrogens is 1. The highest BCUT2D eigenvalue weighted by Gasteiger charge is 2.15. The van der Waals surface area contributed by atoms with Gasteiger partial charge in [-0.1, -0.05) is 24.3 Å². The van der Waals surface area contributed by atoms with Crippen molar-refractivity contribution < 1.29 is 9.52 Å². The van der Waals surface area contributed by atoms with Gasteiger partial charge in [0.25, 0.3) is 0 Å². The third-order valence-electron chi connectivity index (χ3n) is 2.94. The van der Waals surface area contributed by atoms with Crippen LogP contribution in [0, 0.1) is 5.21 Å². The lowest BCUT2D eigenvalue weighted by atomic mass is 10.0. The van der Waals surface area contributed by atoms with E-state index in [4.69, 9.17) is 0 Å². The maximum Gasteiger partial charge on any atom is 0.225 e.